The van der Waals surface area contributed by atoms with Gasteiger partial charge in [-0.25, -0.2) is 4.98 Å². The van der Waals surface area contributed by atoms with Crippen molar-refractivity contribution in [3.8, 4) is 0 Å². The molecule has 126 valence electrons. The number of nitrogens with zero attached hydrogens (tertiary/aromatic N) is 1. The third kappa shape index (κ3) is 3.48. The number of anilines is 2. The number of aryl methyl sites for hydroxylation is 1. The molecule has 0 aliphatic heterocycles. The quantitative estimate of drug-likeness (QED) is 0.885. The van der Waals surface area contributed by atoms with Crippen LogP contribution in [0.4, 0.5) is 10.8 Å². The summed E-state index contributed by atoms with van der Waals surface area (Å²) in [5.41, 5.74) is 1.69. The van der Waals surface area contributed by atoms with E-state index in [1.165, 1.54) is 16.2 Å². The first-order valence-electron chi connectivity index (χ1n) is 8.24. The van der Waals surface area contributed by atoms with Crippen molar-refractivity contribution in [1.29, 1.82) is 0 Å². The van der Waals surface area contributed by atoms with Gasteiger partial charge in [-0.05, 0) is 43.4 Å². The molecule has 1 aliphatic carbocycles. The van der Waals surface area contributed by atoms with Gasteiger partial charge in [0.15, 0.2) is 0 Å². The summed E-state index contributed by atoms with van der Waals surface area (Å²) in [5, 5.41) is 6.44. The minimum Gasteiger partial charge on any atom is -0.317 e. The van der Waals surface area contributed by atoms with Gasteiger partial charge < -0.3 is 10.6 Å². The lowest BCUT2D eigenvalue weighted by molar-refractivity contribution is -0.118. The van der Waals surface area contributed by atoms with Crippen LogP contribution in [0.5, 0.6) is 0 Å². The Morgan fingerprint density at radius 2 is 1.96 bits per heavy atom. The van der Waals surface area contributed by atoms with Crippen molar-refractivity contribution >= 4 is 34.0 Å². The second kappa shape index (κ2) is 7.13. The molecule has 24 heavy (non-hydrogen) atoms. The zero-order valence-corrected chi connectivity index (χ0v) is 14.7. The summed E-state index contributed by atoms with van der Waals surface area (Å²) in [4.78, 5) is 30.3. The molecule has 0 spiro atoms. The lowest BCUT2D eigenvalue weighted by atomic mass is 9.95. The third-order valence-electron chi connectivity index (χ3n) is 4.07. The first-order valence-corrected chi connectivity index (χ1v) is 9.05. The maximum Gasteiger partial charge on any atom is 0.260 e. The second-order valence-electron chi connectivity index (χ2n) is 6.23. The summed E-state index contributed by atoms with van der Waals surface area (Å²) in [6, 6.07) is 5.38. The van der Waals surface area contributed by atoms with Gasteiger partial charge in [-0.3, -0.25) is 9.59 Å². The summed E-state index contributed by atoms with van der Waals surface area (Å²) in [5.74, 6) is 0.114. The molecule has 3 rings (SSSR count). The maximum atomic E-state index is 12.8. The van der Waals surface area contributed by atoms with E-state index in [9.17, 15) is 9.59 Å². The predicted octanol–water partition coefficient (Wildman–Crippen LogP) is 3.87. The van der Waals surface area contributed by atoms with Crippen LogP contribution in [0, 0.1) is 5.92 Å². The topological polar surface area (TPSA) is 71.1 Å². The van der Waals surface area contributed by atoms with Crippen LogP contribution in [0.1, 0.15) is 47.5 Å². The SMILES string of the molecule is CC(C)C(=O)Nc1sc2c(c1C(=O)Nc1ccccn1)CCCC2. The Labute approximate surface area is 145 Å². The van der Waals surface area contributed by atoms with Crippen molar-refractivity contribution in [2.75, 3.05) is 10.6 Å². The number of rotatable bonds is 4. The van der Waals surface area contributed by atoms with E-state index < -0.39 is 0 Å². The molecule has 2 N–H and O–H groups in total. The number of amides is 2. The van der Waals surface area contributed by atoms with E-state index in [0.717, 1.165) is 31.2 Å². The van der Waals surface area contributed by atoms with Gasteiger partial charge in [-0.15, -0.1) is 11.3 Å². The molecule has 2 amide bonds. The average Bonchev–Trinajstić information content (AvgIpc) is 2.93. The van der Waals surface area contributed by atoms with Crippen molar-refractivity contribution < 1.29 is 9.59 Å². The fraction of sp³-hybridized carbons (Fsp3) is 0.389. The molecule has 0 fully saturated rings. The Morgan fingerprint density at radius 3 is 2.67 bits per heavy atom. The molecule has 2 heterocycles. The molecule has 6 heteroatoms. The Bertz CT molecular complexity index is 753. The van der Waals surface area contributed by atoms with Crippen molar-refractivity contribution in [2.24, 2.45) is 5.92 Å². The second-order valence-corrected chi connectivity index (χ2v) is 7.33. The number of fused-ring (bicyclic) bond motifs is 1. The van der Waals surface area contributed by atoms with Crippen LogP contribution >= 0.6 is 11.3 Å². The van der Waals surface area contributed by atoms with Crippen LogP contribution in [0.2, 0.25) is 0 Å². The van der Waals surface area contributed by atoms with E-state index in [4.69, 9.17) is 0 Å². The van der Waals surface area contributed by atoms with E-state index in [0.29, 0.717) is 16.4 Å². The minimum absolute atomic E-state index is 0.0690. The summed E-state index contributed by atoms with van der Waals surface area (Å²) in [7, 11) is 0. The minimum atomic E-state index is -0.202. The fourth-order valence-corrected chi connectivity index (χ4v) is 4.06. The lowest BCUT2D eigenvalue weighted by Gasteiger charge is -2.13. The van der Waals surface area contributed by atoms with Gasteiger partial charge >= 0.3 is 0 Å². The molecule has 0 atom stereocenters. The smallest absolute Gasteiger partial charge is 0.260 e. The van der Waals surface area contributed by atoms with Crippen LogP contribution in [0.3, 0.4) is 0 Å². The molecular weight excluding hydrogens is 322 g/mol. The van der Waals surface area contributed by atoms with E-state index in [-0.39, 0.29) is 17.7 Å². The Balaban J connectivity index is 1.93. The molecule has 0 unspecified atom stereocenters. The molecule has 0 saturated carbocycles. The number of carbonyl (C=O) groups excluding carboxylic acids is 2. The Kier molecular flexibility index (Phi) is 4.94. The zero-order chi connectivity index (χ0) is 17.1. The third-order valence-corrected chi connectivity index (χ3v) is 5.27. The number of pyridine rings is 1. The molecule has 0 aromatic carbocycles. The number of hydrogen-bond donors (Lipinski definition) is 2. The van der Waals surface area contributed by atoms with Crippen LogP contribution < -0.4 is 10.6 Å². The first-order chi connectivity index (χ1) is 11.6. The van der Waals surface area contributed by atoms with Crippen LogP contribution in [-0.2, 0) is 17.6 Å². The number of aromatic nitrogens is 1. The van der Waals surface area contributed by atoms with Crippen LogP contribution in [-0.4, -0.2) is 16.8 Å². The zero-order valence-electron chi connectivity index (χ0n) is 13.9. The highest BCUT2D eigenvalue weighted by Gasteiger charge is 2.27. The number of hydrogen-bond acceptors (Lipinski definition) is 4. The van der Waals surface area contributed by atoms with Crippen molar-refractivity contribution in [2.45, 2.75) is 39.5 Å². The van der Waals surface area contributed by atoms with E-state index in [1.54, 1.807) is 18.3 Å². The van der Waals surface area contributed by atoms with Gasteiger partial charge in [0.1, 0.15) is 10.8 Å². The standard InChI is InChI=1S/C18H21N3O2S/c1-11(2)16(22)21-18-15(12-7-3-4-8-13(12)24-18)17(23)20-14-9-5-6-10-19-14/h5-6,9-11H,3-4,7-8H2,1-2H3,(H,21,22)(H,19,20,23). The fourth-order valence-electron chi connectivity index (χ4n) is 2.77. The predicted molar refractivity (Wildman–Crippen MR) is 96.6 cm³/mol. The normalized spacial score (nSPS) is 13.5. The average molecular weight is 343 g/mol. The largest absolute Gasteiger partial charge is 0.317 e. The summed E-state index contributed by atoms with van der Waals surface area (Å²) in [6.45, 7) is 3.69. The van der Waals surface area contributed by atoms with E-state index in [2.05, 4.69) is 15.6 Å². The van der Waals surface area contributed by atoms with Crippen molar-refractivity contribution in [1.82, 2.24) is 4.98 Å². The van der Waals surface area contributed by atoms with E-state index >= 15 is 0 Å². The molecule has 2 aromatic rings. The number of nitrogens with one attached hydrogen (secondary N) is 2. The van der Waals surface area contributed by atoms with Gasteiger partial charge in [0, 0.05) is 17.0 Å². The highest BCUT2D eigenvalue weighted by atomic mass is 32.1. The molecule has 0 bridgehead atoms. The lowest BCUT2D eigenvalue weighted by Crippen LogP contribution is -2.21. The maximum absolute atomic E-state index is 12.8. The summed E-state index contributed by atoms with van der Waals surface area (Å²) >= 11 is 1.53. The molecule has 5 nitrogen and oxygen atoms in total. The van der Waals surface area contributed by atoms with Crippen molar-refractivity contribution in [3.05, 3.63) is 40.4 Å². The Hall–Kier alpha value is -2.21. The molecule has 1 aliphatic rings. The molecule has 0 saturated heterocycles. The molecular formula is C18H21N3O2S. The number of thiophene rings is 1. The van der Waals surface area contributed by atoms with Gasteiger partial charge in [0.2, 0.25) is 5.91 Å². The first kappa shape index (κ1) is 16.6. The van der Waals surface area contributed by atoms with Crippen molar-refractivity contribution in [3.63, 3.8) is 0 Å². The monoisotopic (exact) mass is 343 g/mol. The van der Waals surface area contributed by atoms with Gasteiger partial charge in [0.25, 0.3) is 5.91 Å². The van der Waals surface area contributed by atoms with E-state index in [1.807, 2.05) is 19.9 Å². The summed E-state index contributed by atoms with van der Waals surface area (Å²) in [6.07, 6.45) is 5.70. The van der Waals surface area contributed by atoms with Gasteiger partial charge in [-0.2, -0.15) is 0 Å². The highest BCUT2D eigenvalue weighted by Crippen LogP contribution is 2.38. The highest BCUT2D eigenvalue weighted by molar-refractivity contribution is 7.17. The van der Waals surface area contributed by atoms with Crippen LogP contribution in [0.25, 0.3) is 0 Å². The molecule has 2 aromatic heterocycles. The summed E-state index contributed by atoms with van der Waals surface area (Å²) < 4.78 is 0. The van der Waals surface area contributed by atoms with Gasteiger partial charge in [-0.1, -0.05) is 19.9 Å². The Morgan fingerprint density at radius 1 is 1.17 bits per heavy atom. The molecule has 0 radical (unpaired) electrons. The van der Waals surface area contributed by atoms with Gasteiger partial charge in [0.05, 0.1) is 5.56 Å². The number of carbonyl (C=O) groups is 2. The van der Waals surface area contributed by atoms with Crippen LogP contribution in [0.15, 0.2) is 24.4 Å².